The van der Waals surface area contributed by atoms with Gasteiger partial charge in [-0.05, 0) is 24.3 Å². The van der Waals surface area contributed by atoms with Gasteiger partial charge in [-0.3, -0.25) is 0 Å². The Morgan fingerprint density at radius 1 is 1.46 bits per heavy atom. The van der Waals surface area contributed by atoms with Crippen molar-refractivity contribution in [1.29, 1.82) is 0 Å². The lowest BCUT2D eigenvalue weighted by molar-refractivity contribution is 0.351. The van der Waals surface area contributed by atoms with Crippen LogP contribution in [0.1, 0.15) is 40.5 Å². The molecule has 0 bridgehead atoms. The average molecular weight is 183 g/mol. The zero-order valence-corrected chi connectivity index (χ0v) is 9.69. The Hall–Kier alpha value is -0.300. The number of nitrogens with one attached hydrogen (secondary N) is 1. The summed E-state index contributed by atoms with van der Waals surface area (Å²) in [5.41, 5.74) is 0.281. The summed E-state index contributed by atoms with van der Waals surface area (Å²) in [7, 11) is 0. The summed E-state index contributed by atoms with van der Waals surface area (Å²) in [5, 5.41) is 3.49. The normalized spacial score (nSPS) is 15.8. The minimum atomic E-state index is 0.281. The lowest BCUT2D eigenvalue weighted by atomic mass is 9.86. The summed E-state index contributed by atoms with van der Waals surface area (Å²) in [5.74, 6) is 0.732. The molecule has 1 heteroatoms. The van der Waals surface area contributed by atoms with Crippen molar-refractivity contribution < 1.29 is 0 Å². The van der Waals surface area contributed by atoms with Crippen molar-refractivity contribution in [3.8, 4) is 0 Å². The van der Waals surface area contributed by atoms with Crippen LogP contribution in [0.25, 0.3) is 0 Å². The highest BCUT2D eigenvalue weighted by molar-refractivity contribution is 4.92. The first-order valence-corrected chi connectivity index (χ1v) is 5.38. The van der Waals surface area contributed by atoms with Crippen LogP contribution >= 0.6 is 0 Å². The van der Waals surface area contributed by atoms with Gasteiger partial charge in [0.05, 0.1) is 0 Å². The molecule has 13 heavy (non-hydrogen) atoms. The maximum absolute atomic E-state index is 3.91. The van der Waals surface area contributed by atoms with Gasteiger partial charge in [-0.15, -0.1) is 6.58 Å². The molecule has 0 fully saturated rings. The quantitative estimate of drug-likeness (QED) is 0.598. The second kappa shape index (κ2) is 6.20. The van der Waals surface area contributed by atoms with E-state index in [1.165, 1.54) is 12.8 Å². The van der Waals surface area contributed by atoms with Gasteiger partial charge < -0.3 is 5.32 Å². The summed E-state index contributed by atoms with van der Waals surface area (Å²) >= 11 is 0. The molecule has 0 aromatic rings. The zero-order valence-electron chi connectivity index (χ0n) is 9.69. The molecule has 0 aliphatic heterocycles. The fourth-order valence-corrected chi connectivity index (χ4v) is 1.48. The molecule has 1 unspecified atom stereocenters. The Balaban J connectivity index is 3.76. The summed E-state index contributed by atoms with van der Waals surface area (Å²) in [6.07, 6.45) is 4.54. The lowest BCUT2D eigenvalue weighted by Crippen LogP contribution is -2.32. The predicted molar refractivity (Wildman–Crippen MR) is 60.9 cm³/mol. The molecule has 0 aromatic heterocycles. The summed E-state index contributed by atoms with van der Waals surface area (Å²) in [6.45, 7) is 15.0. The molecule has 0 heterocycles. The van der Waals surface area contributed by atoms with E-state index in [1.54, 1.807) is 0 Å². The van der Waals surface area contributed by atoms with E-state index >= 15 is 0 Å². The maximum Gasteiger partial charge on any atom is 0.00399 e. The fourth-order valence-electron chi connectivity index (χ4n) is 1.48. The Morgan fingerprint density at radius 3 is 2.46 bits per heavy atom. The van der Waals surface area contributed by atoms with Crippen molar-refractivity contribution in [1.82, 2.24) is 5.32 Å². The van der Waals surface area contributed by atoms with Gasteiger partial charge in [-0.1, -0.05) is 40.2 Å². The lowest BCUT2D eigenvalue weighted by Gasteiger charge is -2.26. The Morgan fingerprint density at radius 2 is 2.08 bits per heavy atom. The van der Waals surface area contributed by atoms with Crippen molar-refractivity contribution in [3.05, 3.63) is 12.7 Å². The molecule has 0 aromatic carbocycles. The van der Waals surface area contributed by atoms with Crippen LogP contribution in [0, 0.1) is 11.3 Å². The molecule has 0 aliphatic rings. The molecule has 1 nitrogen and oxygen atoms in total. The van der Waals surface area contributed by atoms with Gasteiger partial charge in [0.2, 0.25) is 0 Å². The van der Waals surface area contributed by atoms with Gasteiger partial charge >= 0.3 is 0 Å². The summed E-state index contributed by atoms with van der Waals surface area (Å²) in [4.78, 5) is 0. The number of hydrogen-bond acceptors (Lipinski definition) is 1. The zero-order chi connectivity index (χ0) is 10.3. The minimum absolute atomic E-state index is 0.281. The molecule has 0 amide bonds. The second-order valence-electron chi connectivity index (χ2n) is 4.63. The third-order valence-corrected chi connectivity index (χ3v) is 2.40. The van der Waals surface area contributed by atoms with E-state index in [2.05, 4.69) is 45.7 Å². The average Bonchev–Trinajstić information content (AvgIpc) is 2.04. The van der Waals surface area contributed by atoms with Gasteiger partial charge in [-0.2, -0.15) is 0 Å². The van der Waals surface area contributed by atoms with Gasteiger partial charge in [0.15, 0.2) is 0 Å². The third kappa shape index (κ3) is 5.87. The van der Waals surface area contributed by atoms with Crippen molar-refractivity contribution in [2.24, 2.45) is 11.3 Å². The monoisotopic (exact) mass is 183 g/mol. The number of rotatable bonds is 7. The first-order valence-electron chi connectivity index (χ1n) is 5.38. The summed E-state index contributed by atoms with van der Waals surface area (Å²) < 4.78 is 0. The van der Waals surface area contributed by atoms with Crippen molar-refractivity contribution in [3.63, 3.8) is 0 Å². The van der Waals surface area contributed by atoms with Crippen LogP contribution < -0.4 is 5.32 Å². The van der Waals surface area contributed by atoms with E-state index in [-0.39, 0.29) is 5.41 Å². The van der Waals surface area contributed by atoms with E-state index in [1.807, 2.05) is 0 Å². The van der Waals surface area contributed by atoms with Gasteiger partial charge in [0, 0.05) is 6.54 Å². The summed E-state index contributed by atoms with van der Waals surface area (Å²) in [6, 6.07) is 0. The molecule has 0 radical (unpaired) electrons. The van der Waals surface area contributed by atoms with Crippen LogP contribution in [0.2, 0.25) is 0 Å². The maximum atomic E-state index is 3.91. The molecule has 1 N–H and O–H groups in total. The fraction of sp³-hybridized carbons (Fsp3) is 0.833. The van der Waals surface area contributed by atoms with E-state index in [4.69, 9.17) is 0 Å². The van der Waals surface area contributed by atoms with E-state index in [0.717, 1.165) is 19.0 Å². The van der Waals surface area contributed by atoms with Crippen molar-refractivity contribution in [2.45, 2.75) is 40.5 Å². The van der Waals surface area contributed by atoms with Gasteiger partial charge in [0.25, 0.3) is 0 Å². The second-order valence-corrected chi connectivity index (χ2v) is 4.63. The molecule has 0 spiro atoms. The van der Waals surface area contributed by atoms with Crippen molar-refractivity contribution in [2.75, 3.05) is 13.1 Å². The van der Waals surface area contributed by atoms with Crippen LogP contribution in [-0.4, -0.2) is 13.1 Å². The molecule has 0 rings (SSSR count). The standard InChI is InChI=1S/C12H25N/c1-6-8-12(5,7-2)10-13-9-11(3)4/h7,11,13H,2,6,8-10H2,1,3-5H3. The van der Waals surface area contributed by atoms with E-state index in [0.29, 0.717) is 0 Å². The minimum Gasteiger partial charge on any atom is -0.316 e. The molecule has 0 saturated heterocycles. The van der Waals surface area contributed by atoms with Crippen LogP contribution in [0.4, 0.5) is 0 Å². The highest BCUT2D eigenvalue weighted by Gasteiger charge is 2.17. The Kier molecular flexibility index (Phi) is 6.06. The molecular weight excluding hydrogens is 158 g/mol. The van der Waals surface area contributed by atoms with E-state index in [9.17, 15) is 0 Å². The predicted octanol–water partition coefficient (Wildman–Crippen LogP) is 3.22. The molecule has 78 valence electrons. The number of hydrogen-bond donors (Lipinski definition) is 1. The topological polar surface area (TPSA) is 12.0 Å². The van der Waals surface area contributed by atoms with Gasteiger partial charge in [0.1, 0.15) is 0 Å². The van der Waals surface area contributed by atoms with E-state index < -0.39 is 0 Å². The Labute approximate surface area is 83.6 Å². The van der Waals surface area contributed by atoms with Gasteiger partial charge in [-0.25, -0.2) is 0 Å². The molecular formula is C12H25N. The third-order valence-electron chi connectivity index (χ3n) is 2.40. The smallest absolute Gasteiger partial charge is 0.00399 e. The molecule has 0 saturated carbocycles. The highest BCUT2D eigenvalue weighted by atomic mass is 14.9. The largest absolute Gasteiger partial charge is 0.316 e. The van der Waals surface area contributed by atoms with Crippen LogP contribution in [0.3, 0.4) is 0 Å². The Bertz CT molecular complexity index is 140. The van der Waals surface area contributed by atoms with Crippen LogP contribution in [0.5, 0.6) is 0 Å². The van der Waals surface area contributed by atoms with Crippen molar-refractivity contribution >= 4 is 0 Å². The first-order chi connectivity index (χ1) is 6.04. The SMILES string of the molecule is C=CC(C)(CCC)CNCC(C)C. The first kappa shape index (κ1) is 12.7. The van der Waals surface area contributed by atoms with Crippen LogP contribution in [-0.2, 0) is 0 Å². The molecule has 0 aliphatic carbocycles. The highest BCUT2D eigenvalue weighted by Crippen LogP contribution is 2.23. The van der Waals surface area contributed by atoms with Crippen LogP contribution in [0.15, 0.2) is 12.7 Å². The molecule has 1 atom stereocenters.